The summed E-state index contributed by atoms with van der Waals surface area (Å²) in [5, 5.41) is 7.64. The molecular weight excluding hydrogens is 314 g/mol. The molecule has 0 heterocycles. The molecule has 0 fully saturated rings. The van der Waals surface area contributed by atoms with E-state index in [4.69, 9.17) is 16.3 Å². The Morgan fingerprint density at radius 2 is 2.09 bits per heavy atom. The zero-order chi connectivity index (χ0) is 16.7. The van der Waals surface area contributed by atoms with E-state index in [9.17, 15) is 4.79 Å². The summed E-state index contributed by atoms with van der Waals surface area (Å²) in [7, 11) is 1.59. The molecule has 0 radical (unpaired) electrons. The molecule has 0 aromatic heterocycles. The Balaban J connectivity index is 1.86. The molecule has 0 aliphatic rings. The third kappa shape index (κ3) is 5.00. The van der Waals surface area contributed by atoms with Gasteiger partial charge in [0, 0.05) is 16.3 Å². The summed E-state index contributed by atoms with van der Waals surface area (Å²) in [5.74, 6) is 0.450. The van der Waals surface area contributed by atoms with Gasteiger partial charge in [0.2, 0.25) is 0 Å². The molecule has 0 spiro atoms. The lowest BCUT2D eigenvalue weighted by atomic mass is 10.2. The predicted molar refractivity (Wildman–Crippen MR) is 93.4 cm³/mol. The van der Waals surface area contributed by atoms with E-state index in [1.54, 1.807) is 19.4 Å². The van der Waals surface area contributed by atoms with Crippen LogP contribution in [0.15, 0.2) is 47.6 Å². The van der Waals surface area contributed by atoms with Crippen molar-refractivity contribution in [1.29, 1.82) is 0 Å². The number of hydrogen-bond acceptors (Lipinski definition) is 4. The number of amides is 1. The predicted octanol–water partition coefficient (Wildman–Crippen LogP) is 3.22. The number of nitrogens with zero attached hydrogens (tertiary/aromatic N) is 1. The van der Waals surface area contributed by atoms with Crippen LogP contribution in [0.1, 0.15) is 11.1 Å². The Bertz CT molecular complexity index is 717. The van der Waals surface area contributed by atoms with Crippen molar-refractivity contribution in [3.63, 3.8) is 0 Å². The molecule has 1 amide bonds. The van der Waals surface area contributed by atoms with Gasteiger partial charge in [-0.1, -0.05) is 23.7 Å². The number of carbonyl (C=O) groups excluding carboxylic acids is 1. The van der Waals surface area contributed by atoms with Crippen molar-refractivity contribution in [2.75, 3.05) is 19.0 Å². The Kier molecular flexibility index (Phi) is 6.00. The fourth-order valence-corrected chi connectivity index (χ4v) is 2.21. The second-order valence-electron chi connectivity index (χ2n) is 4.85. The van der Waals surface area contributed by atoms with E-state index >= 15 is 0 Å². The van der Waals surface area contributed by atoms with Crippen molar-refractivity contribution in [2.24, 2.45) is 5.10 Å². The van der Waals surface area contributed by atoms with Crippen molar-refractivity contribution in [3.8, 4) is 5.75 Å². The van der Waals surface area contributed by atoms with Gasteiger partial charge in [0.15, 0.2) is 0 Å². The number of hydrazone groups is 1. The summed E-state index contributed by atoms with van der Waals surface area (Å²) in [5.41, 5.74) is 5.09. The number of ether oxygens (including phenoxy) is 1. The Labute approximate surface area is 140 Å². The molecule has 0 atom stereocenters. The number of carbonyl (C=O) groups is 1. The molecular formula is C17H18ClN3O2. The molecule has 0 unspecified atom stereocenters. The lowest BCUT2D eigenvalue weighted by molar-refractivity contribution is -0.119. The molecule has 2 aromatic carbocycles. The van der Waals surface area contributed by atoms with Crippen LogP contribution in [0.2, 0.25) is 5.02 Å². The molecule has 0 saturated heterocycles. The molecule has 5 nitrogen and oxygen atoms in total. The zero-order valence-corrected chi connectivity index (χ0v) is 13.7. The van der Waals surface area contributed by atoms with Crippen LogP contribution in [-0.4, -0.2) is 25.8 Å². The molecule has 6 heteroatoms. The molecule has 0 aliphatic heterocycles. The number of halogens is 1. The third-order valence-corrected chi connectivity index (χ3v) is 3.39. The minimum Gasteiger partial charge on any atom is -0.496 e. The number of nitrogens with one attached hydrogen (secondary N) is 2. The van der Waals surface area contributed by atoms with Gasteiger partial charge in [0.25, 0.3) is 5.91 Å². The second kappa shape index (κ2) is 8.19. The van der Waals surface area contributed by atoms with E-state index in [1.807, 2.05) is 43.3 Å². The lowest BCUT2D eigenvalue weighted by Gasteiger charge is -2.08. The van der Waals surface area contributed by atoms with E-state index in [0.717, 1.165) is 16.8 Å². The normalized spacial score (nSPS) is 10.6. The summed E-state index contributed by atoms with van der Waals surface area (Å²) in [4.78, 5) is 11.8. The van der Waals surface area contributed by atoms with Crippen molar-refractivity contribution in [1.82, 2.24) is 5.43 Å². The van der Waals surface area contributed by atoms with E-state index in [1.165, 1.54) is 0 Å². The topological polar surface area (TPSA) is 62.7 Å². The maximum atomic E-state index is 11.8. The van der Waals surface area contributed by atoms with Gasteiger partial charge in [-0.25, -0.2) is 5.43 Å². The fraction of sp³-hybridized carbons (Fsp3) is 0.176. The van der Waals surface area contributed by atoms with Gasteiger partial charge in [0.05, 0.1) is 19.9 Å². The minimum absolute atomic E-state index is 0.117. The highest BCUT2D eigenvalue weighted by Gasteiger charge is 2.03. The Morgan fingerprint density at radius 1 is 1.30 bits per heavy atom. The fourth-order valence-electron chi connectivity index (χ4n) is 1.99. The average molecular weight is 332 g/mol. The van der Waals surface area contributed by atoms with Crippen molar-refractivity contribution in [2.45, 2.75) is 6.92 Å². The van der Waals surface area contributed by atoms with Crippen molar-refractivity contribution >= 4 is 29.4 Å². The van der Waals surface area contributed by atoms with Crippen LogP contribution in [0.4, 0.5) is 5.69 Å². The zero-order valence-electron chi connectivity index (χ0n) is 13.0. The standard InChI is InChI=1S/C17H18ClN3O2/c1-12-9-14(18)7-8-15(12)19-11-17(22)21-20-10-13-5-3-4-6-16(13)23-2/h3-10,19H,11H2,1-2H3,(H,21,22)/b20-10-. The summed E-state index contributed by atoms with van der Waals surface area (Å²) in [6.45, 7) is 2.04. The summed E-state index contributed by atoms with van der Waals surface area (Å²) < 4.78 is 5.20. The summed E-state index contributed by atoms with van der Waals surface area (Å²) in [6, 6.07) is 12.9. The lowest BCUT2D eigenvalue weighted by Crippen LogP contribution is -2.26. The smallest absolute Gasteiger partial charge is 0.259 e. The monoisotopic (exact) mass is 331 g/mol. The number of anilines is 1. The van der Waals surface area contributed by atoms with Crippen LogP contribution in [0, 0.1) is 6.92 Å². The largest absolute Gasteiger partial charge is 0.496 e. The van der Waals surface area contributed by atoms with Crippen LogP contribution in [0.3, 0.4) is 0 Å². The maximum Gasteiger partial charge on any atom is 0.259 e. The Hall–Kier alpha value is -2.53. The quantitative estimate of drug-likeness (QED) is 0.631. The summed E-state index contributed by atoms with van der Waals surface area (Å²) >= 11 is 5.89. The first-order valence-electron chi connectivity index (χ1n) is 7.05. The number of hydrogen-bond donors (Lipinski definition) is 2. The van der Waals surface area contributed by atoms with E-state index < -0.39 is 0 Å². The van der Waals surface area contributed by atoms with Crippen LogP contribution in [0.5, 0.6) is 5.75 Å². The van der Waals surface area contributed by atoms with Crippen LogP contribution >= 0.6 is 11.6 Å². The van der Waals surface area contributed by atoms with Crippen molar-refractivity contribution in [3.05, 3.63) is 58.6 Å². The van der Waals surface area contributed by atoms with E-state index in [-0.39, 0.29) is 12.5 Å². The molecule has 2 aromatic rings. The van der Waals surface area contributed by atoms with E-state index in [2.05, 4.69) is 15.8 Å². The van der Waals surface area contributed by atoms with Crippen LogP contribution < -0.4 is 15.5 Å². The van der Waals surface area contributed by atoms with Crippen LogP contribution in [-0.2, 0) is 4.79 Å². The van der Waals surface area contributed by atoms with Gasteiger partial charge in [-0.15, -0.1) is 0 Å². The van der Waals surface area contributed by atoms with Gasteiger partial charge in [-0.2, -0.15) is 5.10 Å². The first-order chi connectivity index (χ1) is 11.1. The molecule has 0 bridgehead atoms. The maximum absolute atomic E-state index is 11.8. The number of rotatable bonds is 6. The third-order valence-electron chi connectivity index (χ3n) is 3.16. The van der Waals surface area contributed by atoms with Crippen molar-refractivity contribution < 1.29 is 9.53 Å². The molecule has 23 heavy (non-hydrogen) atoms. The molecule has 0 aliphatic carbocycles. The highest BCUT2D eigenvalue weighted by Crippen LogP contribution is 2.19. The van der Waals surface area contributed by atoms with E-state index in [0.29, 0.717) is 10.8 Å². The molecule has 0 saturated carbocycles. The SMILES string of the molecule is COc1ccccc1/C=N\NC(=O)CNc1ccc(Cl)cc1C. The second-order valence-corrected chi connectivity index (χ2v) is 5.28. The molecule has 2 rings (SSSR count). The average Bonchev–Trinajstić information content (AvgIpc) is 2.54. The highest BCUT2D eigenvalue weighted by molar-refractivity contribution is 6.30. The number of aryl methyl sites for hydroxylation is 1. The highest BCUT2D eigenvalue weighted by atomic mass is 35.5. The number of para-hydroxylation sites is 1. The van der Waals surface area contributed by atoms with Gasteiger partial charge in [-0.3, -0.25) is 4.79 Å². The van der Waals surface area contributed by atoms with Gasteiger partial charge < -0.3 is 10.1 Å². The van der Waals surface area contributed by atoms with Crippen LogP contribution in [0.25, 0.3) is 0 Å². The molecule has 120 valence electrons. The number of methoxy groups -OCH3 is 1. The Morgan fingerprint density at radius 3 is 2.83 bits per heavy atom. The molecule has 2 N–H and O–H groups in total. The van der Waals surface area contributed by atoms with Gasteiger partial charge >= 0.3 is 0 Å². The van der Waals surface area contributed by atoms with Gasteiger partial charge in [-0.05, 0) is 42.8 Å². The van der Waals surface area contributed by atoms with Gasteiger partial charge in [0.1, 0.15) is 5.75 Å². The first kappa shape index (κ1) is 16.8. The number of benzene rings is 2. The first-order valence-corrected chi connectivity index (χ1v) is 7.43. The minimum atomic E-state index is -0.245. The summed E-state index contributed by atoms with van der Waals surface area (Å²) in [6.07, 6.45) is 1.55.